The van der Waals surface area contributed by atoms with Crippen LogP contribution in [0.5, 0.6) is 0 Å². The molecule has 1 rings (SSSR count). The van der Waals surface area contributed by atoms with E-state index in [0.717, 1.165) is 10.1 Å². The Bertz CT molecular complexity index is 250. The van der Waals surface area contributed by atoms with E-state index in [1.807, 2.05) is 6.92 Å². The maximum Gasteiger partial charge on any atom is 0.290 e. The number of aromatic nitrogens is 1. The van der Waals surface area contributed by atoms with Crippen LogP contribution in [0, 0.1) is 0 Å². The van der Waals surface area contributed by atoms with Crippen LogP contribution in [0.25, 0.3) is 0 Å². The van der Waals surface area contributed by atoms with Crippen LogP contribution in [-0.2, 0) is 9.22 Å². The lowest BCUT2D eigenvalue weighted by atomic mass is 10.4. The first kappa shape index (κ1) is 12.4. The summed E-state index contributed by atoms with van der Waals surface area (Å²) in [6.45, 7) is 1.60. The lowest BCUT2D eigenvalue weighted by molar-refractivity contribution is -0.122. The maximum absolute atomic E-state index is 8.36. The number of nitrogens with two attached hydrogens (primary N) is 1. The number of halogens is 1. The van der Waals surface area contributed by atoms with Gasteiger partial charge in [0.1, 0.15) is 6.26 Å². The molecule has 3 N–H and O–H groups in total. The standard InChI is InChI=1S/C6H9IN2O.CH2O2/c1-4(8)6-9-5(2-7)3-10-6;2-1-3/h3-4H,2,8H2,1H3;1H,(H,2,3). The van der Waals surface area contributed by atoms with Gasteiger partial charge in [-0.05, 0) is 6.92 Å². The van der Waals surface area contributed by atoms with Crippen LogP contribution in [0.15, 0.2) is 10.7 Å². The molecule has 0 bridgehead atoms. The number of carboxylic acid groups (broad SMARTS) is 1. The largest absolute Gasteiger partial charge is 0.483 e. The van der Waals surface area contributed by atoms with E-state index in [1.165, 1.54) is 0 Å². The van der Waals surface area contributed by atoms with E-state index < -0.39 is 0 Å². The van der Waals surface area contributed by atoms with Crippen molar-refractivity contribution in [2.75, 3.05) is 0 Å². The summed E-state index contributed by atoms with van der Waals surface area (Å²) in [5.41, 5.74) is 6.47. The van der Waals surface area contributed by atoms with Gasteiger partial charge in [0.2, 0.25) is 5.89 Å². The van der Waals surface area contributed by atoms with E-state index in [4.69, 9.17) is 20.1 Å². The average Bonchev–Trinajstić information content (AvgIpc) is 2.53. The van der Waals surface area contributed by atoms with Crippen LogP contribution in [0.2, 0.25) is 0 Å². The van der Waals surface area contributed by atoms with Crippen molar-refractivity contribution in [2.24, 2.45) is 5.73 Å². The molecule has 1 atom stereocenters. The number of oxazole rings is 1. The fourth-order valence-corrected chi connectivity index (χ4v) is 0.944. The molecule has 1 aromatic rings. The summed E-state index contributed by atoms with van der Waals surface area (Å²) >= 11 is 2.23. The first-order valence-corrected chi connectivity index (χ1v) is 5.02. The molecule has 0 amide bonds. The summed E-state index contributed by atoms with van der Waals surface area (Å²) in [6, 6.07) is -0.100. The summed E-state index contributed by atoms with van der Waals surface area (Å²) in [5, 5.41) is 6.89. The molecule has 0 saturated heterocycles. The Labute approximate surface area is 89.5 Å². The second-order valence-electron chi connectivity index (χ2n) is 2.20. The Morgan fingerprint density at radius 3 is 2.69 bits per heavy atom. The minimum absolute atomic E-state index is 0.100. The van der Waals surface area contributed by atoms with Crippen molar-refractivity contribution in [3.05, 3.63) is 17.8 Å². The molecule has 74 valence electrons. The van der Waals surface area contributed by atoms with Crippen LogP contribution < -0.4 is 5.73 Å². The number of nitrogens with zero attached hydrogens (tertiary/aromatic N) is 1. The van der Waals surface area contributed by atoms with Gasteiger partial charge in [-0.1, -0.05) is 22.6 Å². The van der Waals surface area contributed by atoms with Gasteiger partial charge in [0.25, 0.3) is 6.47 Å². The first-order valence-electron chi connectivity index (χ1n) is 3.49. The average molecular weight is 298 g/mol. The van der Waals surface area contributed by atoms with Gasteiger partial charge in [0, 0.05) is 4.43 Å². The monoisotopic (exact) mass is 298 g/mol. The number of alkyl halides is 1. The molecule has 1 heterocycles. The molecular formula is C7H11IN2O3. The van der Waals surface area contributed by atoms with Gasteiger partial charge >= 0.3 is 0 Å². The van der Waals surface area contributed by atoms with Crippen molar-refractivity contribution in [2.45, 2.75) is 17.4 Å². The second kappa shape index (κ2) is 6.84. The normalized spacial score (nSPS) is 11.3. The summed E-state index contributed by atoms with van der Waals surface area (Å²) < 4.78 is 5.95. The highest BCUT2D eigenvalue weighted by atomic mass is 127. The number of hydrogen-bond acceptors (Lipinski definition) is 4. The van der Waals surface area contributed by atoms with Crippen LogP contribution in [0.3, 0.4) is 0 Å². The molecule has 0 aromatic carbocycles. The molecule has 6 heteroatoms. The molecule has 0 saturated carbocycles. The van der Waals surface area contributed by atoms with Crippen LogP contribution in [0.4, 0.5) is 0 Å². The highest BCUT2D eigenvalue weighted by Crippen LogP contribution is 2.10. The highest BCUT2D eigenvalue weighted by molar-refractivity contribution is 14.1. The van der Waals surface area contributed by atoms with Gasteiger partial charge in [-0.15, -0.1) is 0 Å². The third-order valence-corrected chi connectivity index (χ3v) is 1.88. The zero-order chi connectivity index (χ0) is 10.3. The lowest BCUT2D eigenvalue weighted by Gasteiger charge is -1.94. The molecule has 0 aliphatic heterocycles. The Hall–Kier alpha value is -0.630. The van der Waals surface area contributed by atoms with Gasteiger partial charge in [-0.25, -0.2) is 4.98 Å². The minimum atomic E-state index is -0.250. The Balaban J connectivity index is 0.000000424. The molecule has 0 spiro atoms. The van der Waals surface area contributed by atoms with Crippen LogP contribution >= 0.6 is 22.6 Å². The van der Waals surface area contributed by atoms with E-state index in [9.17, 15) is 0 Å². The topological polar surface area (TPSA) is 89.4 Å². The smallest absolute Gasteiger partial charge is 0.290 e. The molecule has 1 aromatic heterocycles. The van der Waals surface area contributed by atoms with E-state index in [1.54, 1.807) is 6.26 Å². The molecule has 0 aliphatic rings. The molecule has 13 heavy (non-hydrogen) atoms. The van der Waals surface area contributed by atoms with Gasteiger partial charge in [-0.2, -0.15) is 0 Å². The molecule has 0 fully saturated rings. The van der Waals surface area contributed by atoms with Crippen LogP contribution in [0.1, 0.15) is 24.6 Å². The van der Waals surface area contributed by atoms with Crippen molar-refractivity contribution in [1.82, 2.24) is 4.98 Å². The molecular weight excluding hydrogens is 287 g/mol. The minimum Gasteiger partial charge on any atom is -0.483 e. The van der Waals surface area contributed by atoms with Crippen molar-refractivity contribution in [1.29, 1.82) is 0 Å². The predicted molar refractivity (Wildman–Crippen MR) is 55.5 cm³/mol. The number of carbonyl (C=O) groups is 1. The summed E-state index contributed by atoms with van der Waals surface area (Å²) in [7, 11) is 0. The van der Waals surface area contributed by atoms with Crippen molar-refractivity contribution in [3.8, 4) is 0 Å². The predicted octanol–water partition coefficient (Wildman–Crippen LogP) is 1.33. The van der Waals surface area contributed by atoms with Gasteiger partial charge in [-0.3, -0.25) is 4.79 Å². The van der Waals surface area contributed by atoms with Crippen molar-refractivity contribution < 1.29 is 14.3 Å². The number of rotatable bonds is 2. The summed E-state index contributed by atoms with van der Waals surface area (Å²) in [5.74, 6) is 0.617. The Kier molecular flexibility index (Phi) is 6.51. The molecule has 5 nitrogen and oxygen atoms in total. The summed E-state index contributed by atoms with van der Waals surface area (Å²) in [6.07, 6.45) is 1.64. The Morgan fingerprint density at radius 2 is 2.46 bits per heavy atom. The Morgan fingerprint density at radius 1 is 1.92 bits per heavy atom. The van der Waals surface area contributed by atoms with Gasteiger partial charge < -0.3 is 15.3 Å². The second-order valence-corrected chi connectivity index (χ2v) is 2.97. The number of hydrogen-bond donors (Lipinski definition) is 2. The fourth-order valence-electron chi connectivity index (χ4n) is 0.593. The van der Waals surface area contributed by atoms with E-state index in [2.05, 4.69) is 27.6 Å². The van der Waals surface area contributed by atoms with Gasteiger partial charge in [0.15, 0.2) is 0 Å². The van der Waals surface area contributed by atoms with Gasteiger partial charge in [0.05, 0.1) is 11.7 Å². The van der Waals surface area contributed by atoms with Crippen molar-refractivity contribution in [3.63, 3.8) is 0 Å². The zero-order valence-electron chi connectivity index (χ0n) is 7.11. The lowest BCUT2D eigenvalue weighted by Crippen LogP contribution is -2.04. The van der Waals surface area contributed by atoms with Crippen molar-refractivity contribution >= 4 is 29.1 Å². The molecule has 0 aliphatic carbocycles. The van der Waals surface area contributed by atoms with E-state index in [0.29, 0.717) is 5.89 Å². The van der Waals surface area contributed by atoms with E-state index in [-0.39, 0.29) is 12.5 Å². The maximum atomic E-state index is 8.36. The zero-order valence-corrected chi connectivity index (χ0v) is 9.26. The fraction of sp³-hybridized carbons (Fsp3) is 0.429. The molecule has 0 radical (unpaired) electrons. The third kappa shape index (κ3) is 4.83. The molecule has 1 unspecified atom stereocenters. The first-order chi connectivity index (χ1) is 6.15. The summed E-state index contributed by atoms with van der Waals surface area (Å²) in [4.78, 5) is 12.5. The highest BCUT2D eigenvalue weighted by Gasteiger charge is 2.05. The third-order valence-electron chi connectivity index (χ3n) is 1.10. The van der Waals surface area contributed by atoms with E-state index >= 15 is 0 Å². The van der Waals surface area contributed by atoms with Crippen LogP contribution in [-0.4, -0.2) is 16.6 Å². The quantitative estimate of drug-likeness (QED) is 0.488. The SMILES string of the molecule is CC(N)c1nc(CI)co1.O=CO.